The Balaban J connectivity index is 3.87. The van der Waals surface area contributed by atoms with Crippen LogP contribution < -0.4 is 0 Å². The quantitative estimate of drug-likeness (QED) is 0.0467. The molecular weight excluding hydrogens is 662 g/mol. The molecule has 2 N–H and O–H groups in total. The highest BCUT2D eigenvalue weighted by Gasteiger charge is 2.35. The van der Waals surface area contributed by atoms with E-state index < -0.39 is 15.6 Å². The van der Waals surface area contributed by atoms with Gasteiger partial charge in [-0.15, -0.1) is 0 Å². The van der Waals surface area contributed by atoms with E-state index in [1.165, 1.54) is 128 Å². The molecule has 0 aromatic rings. The second-order valence-electron chi connectivity index (χ2n) is 13.8. The van der Waals surface area contributed by atoms with Gasteiger partial charge in [0.25, 0.3) is 0 Å². The summed E-state index contributed by atoms with van der Waals surface area (Å²) in [5.74, 6) is 0. The molecule has 11 heteroatoms. The van der Waals surface area contributed by atoms with Crippen LogP contribution >= 0.6 is 15.6 Å². The number of unbranched alkanes of at least 4 members (excludes halogenated alkanes) is 20. The highest BCUT2D eigenvalue weighted by atomic mass is 31.3. The molecule has 0 heterocycles. The fraction of sp³-hybridized carbons (Fsp3) is 1.00. The lowest BCUT2D eigenvalue weighted by molar-refractivity contribution is 0.0329. The third-order valence-electron chi connectivity index (χ3n) is 9.17. The van der Waals surface area contributed by atoms with E-state index in [1.807, 2.05) is 0 Å². The SMILES string of the molecule is CCCCCCCCCCCCCC(CC)OCCCOP(=O)(O)OP(=O)(O)OCCCOC(CC)CCCCCCCCCCCCC. The molecule has 49 heavy (non-hydrogen) atoms. The molecule has 0 radical (unpaired) electrons. The van der Waals surface area contributed by atoms with Gasteiger partial charge in [-0.1, -0.05) is 169 Å². The van der Waals surface area contributed by atoms with Crippen molar-refractivity contribution in [2.45, 2.75) is 220 Å². The Morgan fingerprint density at radius 1 is 0.408 bits per heavy atom. The normalized spacial score (nSPS) is 15.6. The van der Waals surface area contributed by atoms with E-state index in [9.17, 15) is 18.9 Å². The number of hydrogen-bond acceptors (Lipinski definition) is 7. The van der Waals surface area contributed by atoms with E-state index in [0.29, 0.717) is 26.1 Å². The summed E-state index contributed by atoms with van der Waals surface area (Å²) >= 11 is 0. The molecule has 4 atom stereocenters. The van der Waals surface area contributed by atoms with E-state index in [1.54, 1.807) is 0 Å². The summed E-state index contributed by atoms with van der Waals surface area (Å²) in [6, 6.07) is 0. The van der Waals surface area contributed by atoms with E-state index >= 15 is 0 Å². The van der Waals surface area contributed by atoms with Crippen molar-refractivity contribution in [3.8, 4) is 0 Å². The molecule has 0 aromatic carbocycles. The third kappa shape index (κ3) is 35.0. The Labute approximate surface area is 302 Å². The molecule has 296 valence electrons. The van der Waals surface area contributed by atoms with Crippen molar-refractivity contribution in [1.29, 1.82) is 0 Å². The first kappa shape index (κ1) is 49.2. The van der Waals surface area contributed by atoms with Gasteiger partial charge in [0, 0.05) is 13.2 Å². The molecule has 0 aliphatic carbocycles. The van der Waals surface area contributed by atoms with Crippen LogP contribution in [0.4, 0.5) is 0 Å². The highest BCUT2D eigenvalue weighted by molar-refractivity contribution is 7.61. The van der Waals surface area contributed by atoms with Crippen LogP contribution in [0.15, 0.2) is 0 Å². The third-order valence-corrected chi connectivity index (χ3v) is 11.8. The van der Waals surface area contributed by atoms with Crippen molar-refractivity contribution >= 4 is 15.6 Å². The minimum Gasteiger partial charge on any atom is -0.378 e. The summed E-state index contributed by atoms with van der Waals surface area (Å²) in [6.07, 6.45) is 33.7. The summed E-state index contributed by atoms with van der Waals surface area (Å²) in [7, 11) is -9.52. The van der Waals surface area contributed by atoms with Crippen molar-refractivity contribution < 1.29 is 41.7 Å². The van der Waals surface area contributed by atoms with Crippen molar-refractivity contribution in [1.82, 2.24) is 0 Å². The average Bonchev–Trinajstić information content (AvgIpc) is 3.06. The molecule has 9 nitrogen and oxygen atoms in total. The molecule has 0 aliphatic heterocycles. The summed E-state index contributed by atoms with van der Waals surface area (Å²) < 4.78 is 50.5. The molecule has 0 saturated carbocycles. The molecule has 4 unspecified atom stereocenters. The van der Waals surface area contributed by atoms with Crippen LogP contribution in [0, 0.1) is 0 Å². The Morgan fingerprint density at radius 2 is 0.694 bits per heavy atom. The van der Waals surface area contributed by atoms with E-state index in [4.69, 9.17) is 18.5 Å². The van der Waals surface area contributed by atoms with Crippen LogP contribution in [-0.4, -0.2) is 48.4 Å². The van der Waals surface area contributed by atoms with Crippen molar-refractivity contribution in [3.63, 3.8) is 0 Å². The first-order valence-electron chi connectivity index (χ1n) is 20.6. The zero-order chi connectivity index (χ0) is 36.3. The minimum absolute atomic E-state index is 0.131. The van der Waals surface area contributed by atoms with Crippen molar-refractivity contribution in [2.24, 2.45) is 0 Å². The van der Waals surface area contributed by atoms with Crippen LogP contribution in [0.2, 0.25) is 0 Å². The van der Waals surface area contributed by atoms with Gasteiger partial charge in [-0.05, 0) is 38.5 Å². The smallest absolute Gasteiger partial charge is 0.378 e. The van der Waals surface area contributed by atoms with Gasteiger partial charge in [-0.25, -0.2) is 9.13 Å². The number of ether oxygens (including phenoxy) is 2. The van der Waals surface area contributed by atoms with E-state index in [-0.39, 0.29) is 25.4 Å². The summed E-state index contributed by atoms with van der Waals surface area (Å²) in [4.78, 5) is 19.8. The number of rotatable bonds is 40. The van der Waals surface area contributed by atoms with Gasteiger partial charge in [-0.3, -0.25) is 9.05 Å². The maximum absolute atomic E-state index is 12.2. The monoisotopic (exact) mass is 743 g/mol. The lowest BCUT2D eigenvalue weighted by Gasteiger charge is -2.18. The van der Waals surface area contributed by atoms with Crippen LogP contribution in [0.5, 0.6) is 0 Å². The molecular formula is C38H80O9P2. The molecule has 0 aliphatic rings. The zero-order valence-corrected chi connectivity index (χ0v) is 34.2. The standard InChI is InChI=1S/C38H80O9P2/c1-5-9-11-13-15-17-19-21-23-25-27-31-37(7-3)43-33-29-35-45-48(39,40)47-49(41,42)46-36-30-34-44-38(8-4)32-28-26-24-22-20-18-16-14-12-10-6-2/h37-38H,5-36H2,1-4H3,(H,39,40)(H,41,42). The highest BCUT2D eigenvalue weighted by Crippen LogP contribution is 2.60. The lowest BCUT2D eigenvalue weighted by atomic mass is 10.0. The Bertz CT molecular complexity index is 724. The number of hydrogen-bond donors (Lipinski definition) is 2. The Kier molecular flexibility index (Phi) is 35.4. The molecule has 0 rings (SSSR count). The summed E-state index contributed by atoms with van der Waals surface area (Å²) in [6.45, 7) is 9.20. The second kappa shape index (κ2) is 35.2. The fourth-order valence-electron chi connectivity index (χ4n) is 6.04. The maximum atomic E-state index is 12.2. The van der Waals surface area contributed by atoms with Gasteiger partial charge in [0.1, 0.15) is 0 Å². The van der Waals surface area contributed by atoms with Gasteiger partial charge in [-0.2, -0.15) is 4.31 Å². The van der Waals surface area contributed by atoms with Gasteiger partial charge < -0.3 is 19.3 Å². The average molecular weight is 743 g/mol. The van der Waals surface area contributed by atoms with E-state index in [0.717, 1.165) is 38.5 Å². The minimum atomic E-state index is -4.76. The predicted octanol–water partition coefficient (Wildman–Crippen LogP) is 13.0. The number of phosphoric ester groups is 2. The molecule has 0 aromatic heterocycles. The van der Waals surface area contributed by atoms with Crippen LogP contribution in [0.3, 0.4) is 0 Å². The zero-order valence-electron chi connectivity index (χ0n) is 32.4. The molecule has 0 amide bonds. The second-order valence-corrected chi connectivity index (χ2v) is 16.9. The lowest BCUT2D eigenvalue weighted by Crippen LogP contribution is -2.14. The van der Waals surface area contributed by atoms with Crippen LogP contribution in [0.25, 0.3) is 0 Å². The summed E-state index contributed by atoms with van der Waals surface area (Å²) in [5, 5.41) is 0. The maximum Gasteiger partial charge on any atom is 0.481 e. The van der Waals surface area contributed by atoms with Crippen LogP contribution in [-0.2, 0) is 32.0 Å². The van der Waals surface area contributed by atoms with Gasteiger partial charge in [0.05, 0.1) is 25.4 Å². The first-order chi connectivity index (χ1) is 23.7. The van der Waals surface area contributed by atoms with Crippen LogP contribution in [0.1, 0.15) is 207 Å². The fourth-order valence-corrected chi connectivity index (χ4v) is 8.18. The van der Waals surface area contributed by atoms with Crippen molar-refractivity contribution in [2.75, 3.05) is 26.4 Å². The van der Waals surface area contributed by atoms with Gasteiger partial charge in [0.15, 0.2) is 0 Å². The summed E-state index contributed by atoms with van der Waals surface area (Å²) in [5.41, 5.74) is 0. The molecule has 0 saturated heterocycles. The molecule has 0 fully saturated rings. The van der Waals surface area contributed by atoms with Gasteiger partial charge in [0.2, 0.25) is 0 Å². The number of phosphoric acid groups is 2. The Hall–Kier alpha value is 0.180. The molecule has 0 bridgehead atoms. The topological polar surface area (TPSA) is 121 Å². The van der Waals surface area contributed by atoms with Gasteiger partial charge >= 0.3 is 15.6 Å². The predicted molar refractivity (Wildman–Crippen MR) is 204 cm³/mol. The first-order valence-corrected chi connectivity index (χ1v) is 23.6. The molecule has 0 spiro atoms. The Morgan fingerprint density at radius 3 is 0.980 bits per heavy atom. The van der Waals surface area contributed by atoms with E-state index in [2.05, 4.69) is 32.0 Å². The largest absolute Gasteiger partial charge is 0.481 e. The van der Waals surface area contributed by atoms with Crippen molar-refractivity contribution in [3.05, 3.63) is 0 Å².